The maximum absolute atomic E-state index is 15.0. The standard InChI is InChI=1S/C41H27N2OP/c44-45(32-11-3-1-4-12-32,33-13-5-2-6-14-33)34-23-21-28-19-20-29(25-31(28)26-34)30-22-24-38-40(27-30)43-39-18-10-9-16-36(39)35-15-7-8-17-37(35)41(43)42-38/h1-27H. The van der Waals surface area contributed by atoms with E-state index in [9.17, 15) is 0 Å². The second-order valence-electron chi connectivity index (χ2n) is 11.6. The molecule has 0 N–H and O–H groups in total. The van der Waals surface area contributed by atoms with Gasteiger partial charge in [-0.2, -0.15) is 0 Å². The van der Waals surface area contributed by atoms with Crippen molar-refractivity contribution in [3.05, 3.63) is 164 Å². The second kappa shape index (κ2) is 10.0. The van der Waals surface area contributed by atoms with Crippen LogP contribution in [0.4, 0.5) is 0 Å². The van der Waals surface area contributed by atoms with E-state index in [0.717, 1.165) is 65.4 Å². The van der Waals surface area contributed by atoms with Gasteiger partial charge in [0.1, 0.15) is 5.65 Å². The maximum Gasteiger partial charge on any atom is 0.171 e. The second-order valence-corrected chi connectivity index (χ2v) is 14.3. The van der Waals surface area contributed by atoms with Crippen molar-refractivity contribution in [3.63, 3.8) is 0 Å². The summed E-state index contributed by atoms with van der Waals surface area (Å²) in [6, 6.07) is 56.1. The van der Waals surface area contributed by atoms with Crippen LogP contribution in [-0.2, 0) is 4.57 Å². The maximum atomic E-state index is 15.0. The summed E-state index contributed by atoms with van der Waals surface area (Å²) >= 11 is 0. The molecule has 0 aliphatic heterocycles. The normalized spacial score (nSPS) is 12.1. The molecule has 0 spiro atoms. The van der Waals surface area contributed by atoms with Crippen LogP contribution in [0.1, 0.15) is 0 Å². The lowest BCUT2D eigenvalue weighted by Crippen LogP contribution is -2.24. The van der Waals surface area contributed by atoms with E-state index in [1.54, 1.807) is 0 Å². The van der Waals surface area contributed by atoms with Crippen molar-refractivity contribution in [1.82, 2.24) is 9.38 Å². The molecule has 9 rings (SSSR count). The minimum Gasteiger partial charge on any atom is -0.309 e. The zero-order chi connectivity index (χ0) is 30.0. The van der Waals surface area contributed by atoms with Crippen LogP contribution in [0.25, 0.3) is 60.3 Å². The fourth-order valence-electron chi connectivity index (χ4n) is 6.82. The quantitative estimate of drug-likeness (QED) is 0.150. The van der Waals surface area contributed by atoms with Crippen molar-refractivity contribution < 1.29 is 4.57 Å². The van der Waals surface area contributed by atoms with Crippen LogP contribution < -0.4 is 15.9 Å². The van der Waals surface area contributed by atoms with Gasteiger partial charge in [0.25, 0.3) is 0 Å². The molecule has 2 aromatic heterocycles. The van der Waals surface area contributed by atoms with Crippen molar-refractivity contribution in [2.45, 2.75) is 0 Å². The van der Waals surface area contributed by atoms with Crippen LogP contribution >= 0.6 is 7.14 Å². The van der Waals surface area contributed by atoms with Gasteiger partial charge < -0.3 is 4.57 Å². The first kappa shape index (κ1) is 25.9. The van der Waals surface area contributed by atoms with E-state index in [2.05, 4.69) is 101 Å². The summed E-state index contributed by atoms with van der Waals surface area (Å²) in [7, 11) is -3.07. The molecule has 7 aromatic carbocycles. The predicted molar refractivity (Wildman–Crippen MR) is 190 cm³/mol. The number of nitrogens with zero attached hydrogens (tertiary/aromatic N) is 2. The Morgan fingerprint density at radius 3 is 1.80 bits per heavy atom. The fourth-order valence-corrected chi connectivity index (χ4v) is 9.51. The molecule has 0 aliphatic carbocycles. The number of hydrogen-bond donors (Lipinski definition) is 0. The number of benzene rings is 7. The molecule has 0 aliphatic rings. The van der Waals surface area contributed by atoms with E-state index in [0.29, 0.717) is 0 Å². The molecule has 0 atom stereocenters. The Hall–Kier alpha value is -5.50. The van der Waals surface area contributed by atoms with Crippen molar-refractivity contribution in [2.24, 2.45) is 0 Å². The van der Waals surface area contributed by atoms with E-state index < -0.39 is 7.14 Å². The Labute approximate surface area is 260 Å². The number of pyridine rings is 1. The highest BCUT2D eigenvalue weighted by Gasteiger charge is 2.29. The largest absolute Gasteiger partial charge is 0.309 e. The van der Waals surface area contributed by atoms with Crippen LogP contribution in [-0.4, -0.2) is 9.38 Å². The van der Waals surface area contributed by atoms with E-state index in [1.807, 2.05) is 66.7 Å². The van der Waals surface area contributed by atoms with Gasteiger partial charge in [-0.25, -0.2) is 4.98 Å². The Kier molecular flexibility index (Phi) is 5.78. The third kappa shape index (κ3) is 3.98. The molecule has 3 nitrogen and oxygen atoms in total. The molecule has 0 radical (unpaired) electrons. The van der Waals surface area contributed by atoms with E-state index in [-0.39, 0.29) is 0 Å². The van der Waals surface area contributed by atoms with Crippen molar-refractivity contribution in [1.29, 1.82) is 0 Å². The minimum absolute atomic E-state index is 0.833. The van der Waals surface area contributed by atoms with Gasteiger partial charge in [0.2, 0.25) is 0 Å². The summed E-state index contributed by atoms with van der Waals surface area (Å²) in [5, 5.41) is 8.26. The highest BCUT2D eigenvalue weighted by molar-refractivity contribution is 7.85. The molecule has 0 saturated carbocycles. The van der Waals surface area contributed by atoms with Gasteiger partial charge in [0, 0.05) is 26.7 Å². The first-order chi connectivity index (χ1) is 22.2. The van der Waals surface area contributed by atoms with Crippen molar-refractivity contribution >= 4 is 72.2 Å². The lowest BCUT2D eigenvalue weighted by molar-refractivity contribution is 0.592. The fraction of sp³-hybridized carbons (Fsp3) is 0. The summed E-state index contributed by atoms with van der Waals surface area (Å²) in [6.45, 7) is 0. The minimum atomic E-state index is -3.07. The molecule has 0 amide bonds. The molecule has 0 bridgehead atoms. The Morgan fingerprint density at radius 2 is 1.04 bits per heavy atom. The molecule has 4 heteroatoms. The number of hydrogen-bond acceptors (Lipinski definition) is 2. The molecule has 0 unspecified atom stereocenters. The average Bonchev–Trinajstić information content (AvgIpc) is 3.51. The van der Waals surface area contributed by atoms with Gasteiger partial charge in [-0.3, -0.25) is 4.40 Å². The van der Waals surface area contributed by atoms with Gasteiger partial charge in [0.15, 0.2) is 7.14 Å². The van der Waals surface area contributed by atoms with E-state index >= 15 is 4.57 Å². The van der Waals surface area contributed by atoms with Gasteiger partial charge in [-0.15, -0.1) is 0 Å². The summed E-state index contributed by atoms with van der Waals surface area (Å²) in [4.78, 5) is 5.11. The molecule has 9 aromatic rings. The highest BCUT2D eigenvalue weighted by atomic mass is 31.2. The lowest BCUT2D eigenvalue weighted by atomic mass is 10.0. The molecule has 45 heavy (non-hydrogen) atoms. The Bertz CT molecular complexity index is 2580. The molecule has 0 saturated heterocycles. The van der Waals surface area contributed by atoms with Crippen LogP contribution in [0, 0.1) is 0 Å². The van der Waals surface area contributed by atoms with Crippen molar-refractivity contribution in [2.75, 3.05) is 0 Å². The van der Waals surface area contributed by atoms with Crippen LogP contribution in [0.2, 0.25) is 0 Å². The molecule has 2 heterocycles. The number of para-hydroxylation sites is 1. The van der Waals surface area contributed by atoms with Crippen LogP contribution in [0.5, 0.6) is 0 Å². The molecular formula is C41H27N2OP. The van der Waals surface area contributed by atoms with E-state index in [1.165, 1.54) is 10.8 Å². The monoisotopic (exact) mass is 594 g/mol. The molecular weight excluding hydrogens is 567 g/mol. The van der Waals surface area contributed by atoms with Gasteiger partial charge in [0.05, 0.1) is 16.6 Å². The first-order valence-corrected chi connectivity index (χ1v) is 16.9. The van der Waals surface area contributed by atoms with E-state index in [4.69, 9.17) is 4.98 Å². The van der Waals surface area contributed by atoms with Gasteiger partial charge >= 0.3 is 0 Å². The number of imidazole rings is 1. The zero-order valence-electron chi connectivity index (χ0n) is 24.3. The molecule has 0 fully saturated rings. The van der Waals surface area contributed by atoms with Gasteiger partial charge in [-0.1, -0.05) is 133 Å². The number of rotatable bonds is 4. The smallest absolute Gasteiger partial charge is 0.171 e. The number of fused-ring (bicyclic) bond motifs is 9. The zero-order valence-corrected chi connectivity index (χ0v) is 25.2. The lowest BCUT2D eigenvalue weighted by Gasteiger charge is -2.20. The predicted octanol–water partition coefficient (Wildman–Crippen LogP) is 9.25. The third-order valence-corrected chi connectivity index (χ3v) is 12.1. The summed E-state index contributed by atoms with van der Waals surface area (Å²) < 4.78 is 17.3. The summed E-state index contributed by atoms with van der Waals surface area (Å²) in [5.41, 5.74) is 6.38. The highest BCUT2D eigenvalue weighted by Crippen LogP contribution is 2.43. The van der Waals surface area contributed by atoms with Gasteiger partial charge in [-0.05, 0) is 57.6 Å². The number of aromatic nitrogens is 2. The summed E-state index contributed by atoms with van der Waals surface area (Å²) in [5.74, 6) is 0. The topological polar surface area (TPSA) is 34.4 Å². The Morgan fingerprint density at radius 1 is 0.444 bits per heavy atom. The average molecular weight is 595 g/mol. The SMILES string of the molecule is O=P(c1ccccc1)(c1ccccc1)c1ccc2ccc(-c3ccc4nc5c6ccccc6c6ccccc6n5c4c3)cc2c1. The summed E-state index contributed by atoms with van der Waals surface area (Å²) in [6.07, 6.45) is 0. The molecule has 212 valence electrons. The van der Waals surface area contributed by atoms with Crippen LogP contribution in [0.15, 0.2) is 164 Å². The van der Waals surface area contributed by atoms with Crippen LogP contribution in [0.3, 0.4) is 0 Å². The third-order valence-electron chi connectivity index (χ3n) is 9.02. The van der Waals surface area contributed by atoms with Crippen molar-refractivity contribution in [3.8, 4) is 11.1 Å². The first-order valence-electron chi connectivity index (χ1n) is 15.2. The Balaban J connectivity index is 1.24.